The maximum Gasteiger partial charge on any atom is 0.0420 e. The molecule has 2 aliphatic rings. The molecule has 0 saturated carbocycles. The van der Waals surface area contributed by atoms with Crippen molar-refractivity contribution in [1.29, 1.82) is 0 Å². The van der Waals surface area contributed by atoms with Crippen molar-refractivity contribution in [3.8, 4) is 0 Å². The predicted molar refractivity (Wildman–Crippen MR) is 83.8 cm³/mol. The average molecular weight is 394 g/mol. The van der Waals surface area contributed by atoms with Gasteiger partial charge in [-0.05, 0) is 54.9 Å². The summed E-state index contributed by atoms with van der Waals surface area (Å²) in [5.74, 6) is 0.779. The van der Waals surface area contributed by atoms with E-state index >= 15 is 0 Å². The van der Waals surface area contributed by atoms with E-state index in [0.717, 1.165) is 30.3 Å². The molecule has 0 bridgehead atoms. The normalized spacial score (nSPS) is 31.4. The molecule has 1 fully saturated rings. The quantitative estimate of drug-likeness (QED) is 0.647. The number of alkyl halides is 1. The second-order valence-electron chi connectivity index (χ2n) is 5.38. The molecule has 1 N–H and O–H groups in total. The number of hydrogen-bond donors (Lipinski definition) is 1. The maximum absolute atomic E-state index is 6.16. The molecule has 1 nitrogen and oxygen atoms in total. The van der Waals surface area contributed by atoms with Crippen molar-refractivity contribution in [2.24, 2.45) is 5.92 Å². The van der Waals surface area contributed by atoms with Gasteiger partial charge in [-0.1, -0.05) is 43.5 Å². The van der Waals surface area contributed by atoms with Crippen LogP contribution in [0.1, 0.15) is 24.0 Å². The Morgan fingerprint density at radius 3 is 3.00 bits per heavy atom. The minimum absolute atomic E-state index is 0.623. The van der Waals surface area contributed by atoms with Crippen molar-refractivity contribution in [2.45, 2.75) is 36.6 Å². The van der Waals surface area contributed by atoms with Gasteiger partial charge in [0.1, 0.15) is 0 Å². The second-order valence-corrected chi connectivity index (χ2v) is 7.96. The first kappa shape index (κ1) is 13.4. The van der Waals surface area contributed by atoms with Gasteiger partial charge < -0.3 is 5.32 Å². The summed E-state index contributed by atoms with van der Waals surface area (Å²) in [5, 5.41) is 4.54. The molecule has 98 valence electrons. The molecule has 1 aromatic carbocycles. The molecule has 3 rings (SSSR count). The lowest BCUT2D eigenvalue weighted by Gasteiger charge is -2.34. The Bertz CT molecular complexity index is 463. The van der Waals surface area contributed by atoms with Crippen molar-refractivity contribution in [3.63, 3.8) is 0 Å². The Hall–Kier alpha value is 0.430. The topological polar surface area (TPSA) is 12.0 Å². The number of aryl methyl sites for hydroxylation is 1. The molecular formula is C14H16Br2ClN. The van der Waals surface area contributed by atoms with Gasteiger partial charge in [0.15, 0.2) is 0 Å². The van der Waals surface area contributed by atoms with Crippen LogP contribution in [0, 0.1) is 5.92 Å². The molecule has 0 aromatic heterocycles. The first-order chi connectivity index (χ1) is 8.63. The van der Waals surface area contributed by atoms with Gasteiger partial charge in [-0.15, -0.1) is 0 Å². The summed E-state index contributed by atoms with van der Waals surface area (Å²) in [4.78, 5) is 0.631. The van der Waals surface area contributed by atoms with E-state index in [1.807, 2.05) is 6.07 Å². The van der Waals surface area contributed by atoms with Crippen LogP contribution >= 0.6 is 43.5 Å². The van der Waals surface area contributed by atoms with Crippen LogP contribution in [0.4, 0.5) is 0 Å². The lowest BCUT2D eigenvalue weighted by molar-refractivity contribution is 0.278. The van der Waals surface area contributed by atoms with Crippen molar-refractivity contribution in [2.75, 3.05) is 6.54 Å². The molecule has 1 aromatic rings. The van der Waals surface area contributed by atoms with Crippen molar-refractivity contribution in [1.82, 2.24) is 5.32 Å². The van der Waals surface area contributed by atoms with Gasteiger partial charge in [-0.25, -0.2) is 0 Å². The Labute approximate surface area is 130 Å². The Kier molecular flexibility index (Phi) is 4.05. The van der Waals surface area contributed by atoms with Crippen molar-refractivity contribution >= 4 is 43.5 Å². The van der Waals surface area contributed by atoms with Crippen LogP contribution in [0.15, 0.2) is 16.6 Å². The summed E-state index contributed by atoms with van der Waals surface area (Å²) in [5.41, 5.74) is 2.88. The lowest BCUT2D eigenvalue weighted by atomic mass is 9.86. The Morgan fingerprint density at radius 2 is 2.17 bits per heavy atom. The zero-order chi connectivity index (χ0) is 12.7. The van der Waals surface area contributed by atoms with Crippen LogP contribution in [0.2, 0.25) is 5.02 Å². The fraction of sp³-hybridized carbons (Fsp3) is 0.571. The van der Waals surface area contributed by atoms with Crippen LogP contribution in [0.3, 0.4) is 0 Å². The van der Waals surface area contributed by atoms with E-state index in [2.05, 4.69) is 43.2 Å². The van der Waals surface area contributed by atoms with Gasteiger partial charge in [0, 0.05) is 26.9 Å². The molecule has 18 heavy (non-hydrogen) atoms. The maximum atomic E-state index is 6.16. The number of piperidine rings is 1. The predicted octanol–water partition coefficient (Wildman–Crippen LogP) is 4.33. The van der Waals surface area contributed by atoms with Gasteiger partial charge in [-0.2, -0.15) is 0 Å². The van der Waals surface area contributed by atoms with Gasteiger partial charge in [-0.3, -0.25) is 0 Å². The highest BCUT2D eigenvalue weighted by Crippen LogP contribution is 2.36. The van der Waals surface area contributed by atoms with Crippen LogP contribution in [0.5, 0.6) is 0 Å². The van der Waals surface area contributed by atoms with E-state index in [1.54, 1.807) is 0 Å². The van der Waals surface area contributed by atoms with E-state index in [-0.39, 0.29) is 0 Å². The van der Waals surface area contributed by atoms with Crippen LogP contribution < -0.4 is 5.32 Å². The number of rotatable bonds is 0. The summed E-state index contributed by atoms with van der Waals surface area (Å²) >= 11 is 13.6. The molecule has 3 unspecified atom stereocenters. The Morgan fingerprint density at radius 1 is 1.33 bits per heavy atom. The highest BCUT2D eigenvalue weighted by molar-refractivity contribution is 9.10. The van der Waals surface area contributed by atoms with Gasteiger partial charge in [0.2, 0.25) is 0 Å². The monoisotopic (exact) mass is 391 g/mol. The molecule has 1 saturated heterocycles. The SMILES string of the molecule is Clc1cc(Br)c2c(c1)CCC1CC(Br)CNC1C2. The third-order valence-corrected chi connectivity index (χ3v) is 5.81. The molecule has 1 heterocycles. The zero-order valence-electron chi connectivity index (χ0n) is 10.1. The van der Waals surface area contributed by atoms with Gasteiger partial charge in [0.05, 0.1) is 0 Å². The summed E-state index contributed by atoms with van der Waals surface area (Å²) < 4.78 is 1.17. The number of nitrogens with one attached hydrogen (secondary N) is 1. The van der Waals surface area contributed by atoms with E-state index < -0.39 is 0 Å². The highest BCUT2D eigenvalue weighted by atomic mass is 79.9. The summed E-state index contributed by atoms with van der Waals surface area (Å²) in [6.07, 6.45) is 4.82. The van der Waals surface area contributed by atoms with Crippen LogP contribution in [-0.2, 0) is 12.8 Å². The standard InChI is InChI=1S/C14H16Br2ClN/c15-10-3-9-2-1-8-4-11(17)5-13(16)12(8)6-14(9)18-7-10/h4-5,9-10,14,18H,1-3,6-7H2. The van der Waals surface area contributed by atoms with E-state index in [0.29, 0.717) is 10.9 Å². The van der Waals surface area contributed by atoms with E-state index in [1.165, 1.54) is 28.4 Å². The van der Waals surface area contributed by atoms with Gasteiger partial charge in [0.25, 0.3) is 0 Å². The molecule has 1 aliphatic heterocycles. The average Bonchev–Trinajstić information content (AvgIpc) is 2.49. The van der Waals surface area contributed by atoms with Crippen molar-refractivity contribution in [3.05, 3.63) is 32.8 Å². The molecule has 0 amide bonds. The van der Waals surface area contributed by atoms with E-state index in [9.17, 15) is 0 Å². The van der Waals surface area contributed by atoms with Crippen LogP contribution in [0.25, 0.3) is 0 Å². The summed E-state index contributed by atoms with van der Waals surface area (Å²) in [6.45, 7) is 1.09. The largest absolute Gasteiger partial charge is 0.312 e. The number of hydrogen-bond acceptors (Lipinski definition) is 1. The highest BCUT2D eigenvalue weighted by Gasteiger charge is 2.32. The fourth-order valence-corrected chi connectivity index (χ4v) is 4.95. The molecule has 3 atom stereocenters. The number of halogens is 3. The summed E-state index contributed by atoms with van der Waals surface area (Å²) in [7, 11) is 0. The first-order valence-electron chi connectivity index (χ1n) is 6.47. The zero-order valence-corrected chi connectivity index (χ0v) is 14.0. The van der Waals surface area contributed by atoms with Crippen LogP contribution in [-0.4, -0.2) is 17.4 Å². The smallest absolute Gasteiger partial charge is 0.0420 e. The molecule has 4 heteroatoms. The number of benzene rings is 1. The Balaban J connectivity index is 1.91. The minimum Gasteiger partial charge on any atom is -0.312 e. The third-order valence-electron chi connectivity index (χ3n) is 4.19. The first-order valence-corrected chi connectivity index (χ1v) is 8.56. The number of fused-ring (bicyclic) bond motifs is 2. The lowest BCUT2D eigenvalue weighted by Crippen LogP contribution is -2.46. The minimum atomic E-state index is 0.623. The molecule has 0 radical (unpaired) electrons. The molecule has 1 aliphatic carbocycles. The third kappa shape index (κ3) is 2.65. The fourth-order valence-electron chi connectivity index (χ4n) is 3.25. The molecule has 0 spiro atoms. The summed E-state index contributed by atoms with van der Waals surface area (Å²) in [6, 6.07) is 4.79. The van der Waals surface area contributed by atoms with Gasteiger partial charge >= 0.3 is 0 Å². The van der Waals surface area contributed by atoms with Crippen molar-refractivity contribution < 1.29 is 0 Å². The molecular weight excluding hydrogens is 377 g/mol. The van der Waals surface area contributed by atoms with E-state index in [4.69, 9.17) is 11.6 Å². The second kappa shape index (κ2) is 5.43.